The Morgan fingerprint density at radius 1 is 0.545 bits per heavy atom. The molecule has 5 heteroatoms. The van der Waals surface area contributed by atoms with Crippen LogP contribution in [0.15, 0.2) is 19.6 Å². The van der Waals surface area contributed by atoms with Crippen LogP contribution < -0.4 is 0 Å². The molecule has 0 N–H and O–H groups in total. The standard InChI is InChI=1S/C17H28OS4/c1-5-9-19-14-13(18)15(20-10-6-2)17(22-12-8-4)16(14)21-11-7-3/h5-12H2,1-4H3. The second-order valence-electron chi connectivity index (χ2n) is 5.04. The van der Waals surface area contributed by atoms with Gasteiger partial charge in [-0.2, -0.15) is 0 Å². The summed E-state index contributed by atoms with van der Waals surface area (Å²) in [4.78, 5) is 17.5. The molecule has 1 aliphatic rings. The minimum Gasteiger partial charge on any atom is -0.287 e. The molecule has 0 atom stereocenters. The van der Waals surface area contributed by atoms with Crippen molar-refractivity contribution in [3.63, 3.8) is 0 Å². The first-order chi connectivity index (χ1) is 10.7. The third-order valence-corrected chi connectivity index (χ3v) is 8.42. The fourth-order valence-electron chi connectivity index (χ4n) is 1.86. The Hall–Kier alpha value is 0.550. The van der Waals surface area contributed by atoms with Gasteiger partial charge in [-0.3, -0.25) is 4.79 Å². The Kier molecular flexibility index (Phi) is 11.2. The number of allylic oxidation sites excluding steroid dienone is 2. The van der Waals surface area contributed by atoms with E-state index in [1.165, 1.54) is 9.81 Å². The van der Waals surface area contributed by atoms with Crippen molar-refractivity contribution in [2.75, 3.05) is 23.0 Å². The van der Waals surface area contributed by atoms with Crippen LogP contribution >= 0.6 is 47.0 Å². The number of carbonyl (C=O) groups excluding carboxylic acids is 1. The molecular formula is C17H28OS4. The number of Topliss-reactive ketones (excluding diaryl/α,β-unsaturated/α-hetero) is 1. The Morgan fingerprint density at radius 2 is 0.818 bits per heavy atom. The number of hydrogen-bond acceptors (Lipinski definition) is 5. The quantitative estimate of drug-likeness (QED) is 0.382. The van der Waals surface area contributed by atoms with E-state index in [0.717, 1.165) is 58.5 Å². The van der Waals surface area contributed by atoms with Gasteiger partial charge in [0, 0.05) is 9.81 Å². The van der Waals surface area contributed by atoms with Crippen LogP contribution in [0, 0.1) is 0 Å². The Labute approximate surface area is 153 Å². The molecule has 0 radical (unpaired) electrons. The van der Waals surface area contributed by atoms with Gasteiger partial charge in [-0.1, -0.05) is 27.7 Å². The van der Waals surface area contributed by atoms with E-state index in [9.17, 15) is 4.79 Å². The van der Waals surface area contributed by atoms with Crippen LogP contribution in [0.1, 0.15) is 53.4 Å². The van der Waals surface area contributed by atoms with E-state index in [2.05, 4.69) is 27.7 Å². The largest absolute Gasteiger partial charge is 0.287 e. The second kappa shape index (κ2) is 12.0. The van der Waals surface area contributed by atoms with E-state index in [-0.39, 0.29) is 0 Å². The highest BCUT2D eigenvalue weighted by Crippen LogP contribution is 2.50. The zero-order chi connectivity index (χ0) is 16.4. The highest BCUT2D eigenvalue weighted by atomic mass is 32.2. The summed E-state index contributed by atoms with van der Waals surface area (Å²) in [7, 11) is 0. The number of carbonyl (C=O) groups is 1. The van der Waals surface area contributed by atoms with Gasteiger partial charge in [-0.25, -0.2) is 0 Å². The molecule has 0 heterocycles. The molecule has 22 heavy (non-hydrogen) atoms. The van der Waals surface area contributed by atoms with Crippen molar-refractivity contribution < 1.29 is 4.79 Å². The van der Waals surface area contributed by atoms with E-state index < -0.39 is 0 Å². The van der Waals surface area contributed by atoms with E-state index in [1.807, 2.05) is 23.5 Å². The van der Waals surface area contributed by atoms with Crippen molar-refractivity contribution in [1.82, 2.24) is 0 Å². The molecule has 0 fully saturated rings. The lowest BCUT2D eigenvalue weighted by Gasteiger charge is -2.10. The zero-order valence-corrected chi connectivity index (χ0v) is 17.5. The van der Waals surface area contributed by atoms with Gasteiger partial charge in [-0.05, 0) is 48.7 Å². The van der Waals surface area contributed by atoms with Crippen molar-refractivity contribution >= 4 is 52.8 Å². The maximum absolute atomic E-state index is 12.9. The highest BCUT2D eigenvalue weighted by molar-refractivity contribution is 8.12. The van der Waals surface area contributed by atoms with Crippen molar-refractivity contribution in [3.8, 4) is 0 Å². The van der Waals surface area contributed by atoms with Crippen LogP contribution in [-0.4, -0.2) is 28.8 Å². The average molecular weight is 377 g/mol. The van der Waals surface area contributed by atoms with Gasteiger partial charge in [0.25, 0.3) is 0 Å². The molecule has 1 rings (SSSR count). The van der Waals surface area contributed by atoms with Gasteiger partial charge < -0.3 is 0 Å². The third-order valence-electron chi connectivity index (χ3n) is 2.83. The first kappa shape index (κ1) is 20.6. The molecule has 0 saturated carbocycles. The molecule has 0 saturated heterocycles. The summed E-state index contributed by atoms with van der Waals surface area (Å²) in [5, 5.41) is 0. The predicted octanol–water partition coefficient (Wildman–Crippen LogP) is 6.57. The molecule has 0 aliphatic heterocycles. The van der Waals surface area contributed by atoms with Crippen LogP contribution in [0.25, 0.3) is 0 Å². The minimum absolute atomic E-state index is 0.300. The summed E-state index contributed by atoms with van der Waals surface area (Å²) < 4.78 is 0. The van der Waals surface area contributed by atoms with E-state index in [1.54, 1.807) is 23.5 Å². The van der Waals surface area contributed by atoms with Crippen LogP contribution in [-0.2, 0) is 4.79 Å². The van der Waals surface area contributed by atoms with Crippen LogP contribution in [0.5, 0.6) is 0 Å². The predicted molar refractivity (Wildman–Crippen MR) is 110 cm³/mol. The molecule has 0 unspecified atom stereocenters. The number of ketones is 1. The molecule has 1 nitrogen and oxygen atoms in total. The summed E-state index contributed by atoms with van der Waals surface area (Å²) >= 11 is 7.31. The van der Waals surface area contributed by atoms with Crippen molar-refractivity contribution in [2.45, 2.75) is 53.4 Å². The molecule has 1 aliphatic carbocycles. The molecule has 0 amide bonds. The van der Waals surface area contributed by atoms with Gasteiger partial charge in [-0.15, -0.1) is 47.0 Å². The molecule has 0 aromatic carbocycles. The first-order valence-electron chi connectivity index (χ1n) is 8.25. The third kappa shape index (κ3) is 5.88. The SMILES string of the molecule is CCCSC1=C(SCCC)C(SCCC)=C(SCCC)C1=O. The Bertz CT molecular complexity index is 388. The Morgan fingerprint density at radius 3 is 1.09 bits per heavy atom. The van der Waals surface area contributed by atoms with Crippen LogP contribution in [0.4, 0.5) is 0 Å². The number of thioether (sulfide) groups is 4. The fraction of sp³-hybridized carbons (Fsp3) is 0.706. The van der Waals surface area contributed by atoms with Crippen molar-refractivity contribution in [3.05, 3.63) is 19.6 Å². The highest BCUT2D eigenvalue weighted by Gasteiger charge is 2.33. The lowest BCUT2D eigenvalue weighted by Crippen LogP contribution is -1.99. The summed E-state index contributed by atoms with van der Waals surface area (Å²) in [5.74, 6) is 4.57. The molecule has 126 valence electrons. The minimum atomic E-state index is 0.300. The van der Waals surface area contributed by atoms with Crippen molar-refractivity contribution in [1.29, 1.82) is 0 Å². The van der Waals surface area contributed by atoms with Gasteiger partial charge in [0.2, 0.25) is 5.78 Å². The summed E-state index contributed by atoms with van der Waals surface area (Å²) in [6, 6.07) is 0. The van der Waals surface area contributed by atoms with Gasteiger partial charge >= 0.3 is 0 Å². The summed E-state index contributed by atoms with van der Waals surface area (Å²) in [5.41, 5.74) is 0. The van der Waals surface area contributed by atoms with Gasteiger partial charge in [0.1, 0.15) is 0 Å². The zero-order valence-electron chi connectivity index (χ0n) is 14.2. The molecule has 0 bridgehead atoms. The monoisotopic (exact) mass is 376 g/mol. The lowest BCUT2D eigenvalue weighted by molar-refractivity contribution is -0.110. The van der Waals surface area contributed by atoms with Crippen molar-refractivity contribution in [2.24, 2.45) is 0 Å². The molecule has 0 aromatic heterocycles. The van der Waals surface area contributed by atoms with Crippen LogP contribution in [0.2, 0.25) is 0 Å². The topological polar surface area (TPSA) is 17.1 Å². The van der Waals surface area contributed by atoms with E-state index in [0.29, 0.717) is 5.78 Å². The Balaban J connectivity index is 3.06. The molecular weight excluding hydrogens is 348 g/mol. The molecule has 0 aromatic rings. The smallest absolute Gasteiger partial charge is 0.208 e. The van der Waals surface area contributed by atoms with Gasteiger partial charge in [0.05, 0.1) is 9.81 Å². The van der Waals surface area contributed by atoms with Gasteiger partial charge in [0.15, 0.2) is 0 Å². The second-order valence-corrected chi connectivity index (χ2v) is 9.46. The number of hydrogen-bond donors (Lipinski definition) is 0. The average Bonchev–Trinajstić information content (AvgIpc) is 2.77. The normalized spacial score (nSPS) is 15.4. The fourth-order valence-corrected chi connectivity index (χ4v) is 6.59. The molecule has 0 spiro atoms. The maximum atomic E-state index is 12.9. The summed E-state index contributed by atoms with van der Waals surface area (Å²) in [6.45, 7) is 8.77. The van der Waals surface area contributed by atoms with Crippen LogP contribution in [0.3, 0.4) is 0 Å². The lowest BCUT2D eigenvalue weighted by atomic mass is 10.4. The van der Waals surface area contributed by atoms with E-state index >= 15 is 0 Å². The maximum Gasteiger partial charge on any atom is 0.208 e. The first-order valence-corrected chi connectivity index (χ1v) is 12.2. The van der Waals surface area contributed by atoms with E-state index in [4.69, 9.17) is 0 Å². The summed E-state index contributed by atoms with van der Waals surface area (Å²) in [6.07, 6.45) is 4.53. The number of rotatable bonds is 12.